The summed E-state index contributed by atoms with van der Waals surface area (Å²) in [6.45, 7) is 5.06. The minimum atomic E-state index is 0.0336. The molecular formula is C20H26N2O2. The normalized spacial score (nSPS) is 10.4. The van der Waals surface area contributed by atoms with Crippen molar-refractivity contribution in [1.29, 1.82) is 0 Å². The van der Waals surface area contributed by atoms with Crippen molar-refractivity contribution in [3.8, 4) is 0 Å². The molecule has 0 aliphatic carbocycles. The predicted octanol–water partition coefficient (Wildman–Crippen LogP) is 3.24. The molecule has 0 aromatic heterocycles. The van der Waals surface area contributed by atoms with Gasteiger partial charge >= 0.3 is 0 Å². The number of amides is 1. The van der Waals surface area contributed by atoms with Gasteiger partial charge in [-0.25, -0.2) is 0 Å². The Hall–Kier alpha value is -2.33. The molecule has 1 N–H and O–H groups in total. The number of para-hydroxylation sites is 1. The van der Waals surface area contributed by atoms with Gasteiger partial charge in [-0.1, -0.05) is 48.5 Å². The Labute approximate surface area is 144 Å². The van der Waals surface area contributed by atoms with Crippen LogP contribution in [0.5, 0.6) is 0 Å². The quantitative estimate of drug-likeness (QED) is 0.682. The molecule has 24 heavy (non-hydrogen) atoms. The predicted molar refractivity (Wildman–Crippen MR) is 98.1 cm³/mol. The van der Waals surface area contributed by atoms with Crippen molar-refractivity contribution >= 4 is 11.6 Å². The number of rotatable bonds is 10. The lowest BCUT2D eigenvalue weighted by Gasteiger charge is -2.24. The molecule has 0 radical (unpaired) electrons. The third-order valence-electron chi connectivity index (χ3n) is 3.66. The fourth-order valence-corrected chi connectivity index (χ4v) is 2.46. The number of nitrogens with one attached hydrogen (secondary N) is 1. The molecule has 2 aromatic rings. The highest BCUT2D eigenvalue weighted by Crippen LogP contribution is 2.16. The SMILES string of the molecule is CCOCCCNC(=O)CN(Cc1ccccc1)c1ccccc1. The van der Waals surface area contributed by atoms with E-state index in [1.54, 1.807) is 0 Å². The molecule has 4 nitrogen and oxygen atoms in total. The Morgan fingerprint density at radius 2 is 1.71 bits per heavy atom. The van der Waals surface area contributed by atoms with E-state index >= 15 is 0 Å². The molecular weight excluding hydrogens is 300 g/mol. The monoisotopic (exact) mass is 326 g/mol. The van der Waals surface area contributed by atoms with Gasteiger partial charge in [-0.05, 0) is 31.0 Å². The molecule has 0 heterocycles. The molecule has 2 rings (SSSR count). The van der Waals surface area contributed by atoms with Gasteiger partial charge in [0.2, 0.25) is 5.91 Å². The summed E-state index contributed by atoms with van der Waals surface area (Å²) in [5.41, 5.74) is 2.23. The van der Waals surface area contributed by atoms with Gasteiger partial charge in [-0.15, -0.1) is 0 Å². The van der Waals surface area contributed by atoms with Crippen molar-refractivity contribution in [2.45, 2.75) is 19.9 Å². The second kappa shape index (κ2) is 10.4. The summed E-state index contributed by atoms with van der Waals surface area (Å²) < 4.78 is 5.28. The highest BCUT2D eigenvalue weighted by molar-refractivity contribution is 5.81. The number of carbonyl (C=O) groups is 1. The van der Waals surface area contributed by atoms with Crippen molar-refractivity contribution in [1.82, 2.24) is 5.32 Å². The fraction of sp³-hybridized carbons (Fsp3) is 0.350. The molecule has 0 bridgehead atoms. The molecule has 1 amide bonds. The van der Waals surface area contributed by atoms with Gasteiger partial charge in [0.1, 0.15) is 0 Å². The van der Waals surface area contributed by atoms with Gasteiger partial charge in [-0.2, -0.15) is 0 Å². The van der Waals surface area contributed by atoms with Gasteiger partial charge in [-0.3, -0.25) is 4.79 Å². The van der Waals surface area contributed by atoms with Crippen LogP contribution >= 0.6 is 0 Å². The molecule has 128 valence electrons. The lowest BCUT2D eigenvalue weighted by Crippen LogP contribution is -2.37. The average Bonchev–Trinajstić information content (AvgIpc) is 2.62. The van der Waals surface area contributed by atoms with Crippen molar-refractivity contribution < 1.29 is 9.53 Å². The summed E-state index contributed by atoms with van der Waals surface area (Å²) in [5.74, 6) is 0.0336. The molecule has 0 aliphatic rings. The Kier molecular flexibility index (Phi) is 7.84. The zero-order chi connectivity index (χ0) is 17.0. The highest BCUT2D eigenvalue weighted by Gasteiger charge is 2.11. The third-order valence-corrected chi connectivity index (χ3v) is 3.66. The van der Waals surface area contributed by atoms with Crippen molar-refractivity contribution in [3.63, 3.8) is 0 Å². The molecule has 0 atom stereocenters. The number of ether oxygens (including phenoxy) is 1. The van der Waals surface area contributed by atoms with Crippen LogP contribution in [0.15, 0.2) is 60.7 Å². The molecule has 0 saturated heterocycles. The van der Waals surface area contributed by atoms with Crippen LogP contribution in [0, 0.1) is 0 Å². The van der Waals surface area contributed by atoms with Crippen LogP contribution in [0.25, 0.3) is 0 Å². The lowest BCUT2D eigenvalue weighted by atomic mass is 10.2. The second-order valence-corrected chi connectivity index (χ2v) is 5.58. The van der Waals surface area contributed by atoms with Gasteiger partial charge < -0.3 is 15.0 Å². The minimum absolute atomic E-state index is 0.0336. The summed E-state index contributed by atoms with van der Waals surface area (Å²) in [6, 6.07) is 20.2. The zero-order valence-electron chi connectivity index (χ0n) is 14.3. The van der Waals surface area contributed by atoms with E-state index in [0.717, 1.165) is 12.1 Å². The topological polar surface area (TPSA) is 41.6 Å². The van der Waals surface area contributed by atoms with E-state index < -0.39 is 0 Å². The van der Waals surface area contributed by atoms with Crippen LogP contribution in [0.1, 0.15) is 18.9 Å². The third kappa shape index (κ3) is 6.42. The summed E-state index contributed by atoms with van der Waals surface area (Å²) in [4.78, 5) is 14.3. The van der Waals surface area contributed by atoms with Crippen LogP contribution in [0.3, 0.4) is 0 Å². The maximum Gasteiger partial charge on any atom is 0.239 e. The largest absolute Gasteiger partial charge is 0.382 e. The average molecular weight is 326 g/mol. The van der Waals surface area contributed by atoms with E-state index in [1.165, 1.54) is 5.56 Å². The standard InChI is InChI=1S/C20H26N2O2/c1-2-24-15-9-14-21-20(23)17-22(19-12-7-4-8-13-19)16-18-10-5-3-6-11-18/h3-8,10-13H,2,9,14-17H2,1H3,(H,21,23). The van der Waals surface area contributed by atoms with Crippen LogP contribution in [-0.2, 0) is 16.1 Å². The summed E-state index contributed by atoms with van der Waals surface area (Å²) >= 11 is 0. The molecule has 0 saturated carbocycles. The highest BCUT2D eigenvalue weighted by atomic mass is 16.5. The van der Waals surface area contributed by atoms with E-state index in [4.69, 9.17) is 4.74 Å². The van der Waals surface area contributed by atoms with Gasteiger partial charge in [0.25, 0.3) is 0 Å². The second-order valence-electron chi connectivity index (χ2n) is 5.58. The first-order valence-electron chi connectivity index (χ1n) is 8.48. The van der Waals surface area contributed by atoms with E-state index in [0.29, 0.717) is 32.8 Å². The van der Waals surface area contributed by atoms with E-state index in [-0.39, 0.29) is 5.91 Å². The minimum Gasteiger partial charge on any atom is -0.382 e. The van der Waals surface area contributed by atoms with Gasteiger partial charge in [0.05, 0.1) is 6.54 Å². The van der Waals surface area contributed by atoms with Crippen molar-refractivity contribution in [3.05, 3.63) is 66.2 Å². The molecule has 0 unspecified atom stereocenters. The Morgan fingerprint density at radius 1 is 1.04 bits per heavy atom. The number of nitrogens with zero attached hydrogens (tertiary/aromatic N) is 1. The number of carbonyl (C=O) groups excluding carboxylic acids is 1. The fourth-order valence-electron chi connectivity index (χ4n) is 2.46. The molecule has 4 heteroatoms. The summed E-state index contributed by atoms with van der Waals surface area (Å²) in [6.07, 6.45) is 0.837. The van der Waals surface area contributed by atoms with E-state index in [1.807, 2.05) is 55.5 Å². The first kappa shape index (κ1) is 18.0. The van der Waals surface area contributed by atoms with Gasteiger partial charge in [0.15, 0.2) is 0 Å². The van der Waals surface area contributed by atoms with Crippen LogP contribution in [0.4, 0.5) is 5.69 Å². The number of hydrogen-bond acceptors (Lipinski definition) is 3. The maximum absolute atomic E-state index is 12.3. The molecule has 0 spiro atoms. The summed E-state index contributed by atoms with van der Waals surface area (Å²) in [5, 5.41) is 2.97. The van der Waals surface area contributed by atoms with E-state index in [9.17, 15) is 4.79 Å². The van der Waals surface area contributed by atoms with Gasteiger partial charge in [0, 0.05) is 32.0 Å². The summed E-state index contributed by atoms with van der Waals surface area (Å²) in [7, 11) is 0. The number of anilines is 1. The number of benzene rings is 2. The first-order chi connectivity index (χ1) is 11.8. The molecule has 2 aromatic carbocycles. The van der Waals surface area contributed by atoms with Crippen LogP contribution < -0.4 is 10.2 Å². The lowest BCUT2D eigenvalue weighted by molar-refractivity contribution is -0.119. The van der Waals surface area contributed by atoms with Crippen molar-refractivity contribution in [2.75, 3.05) is 31.2 Å². The maximum atomic E-state index is 12.3. The molecule has 0 aliphatic heterocycles. The molecule has 0 fully saturated rings. The van der Waals surface area contributed by atoms with Crippen LogP contribution in [0.2, 0.25) is 0 Å². The van der Waals surface area contributed by atoms with Crippen molar-refractivity contribution in [2.24, 2.45) is 0 Å². The number of hydrogen-bond donors (Lipinski definition) is 1. The van der Waals surface area contributed by atoms with Crippen LogP contribution in [-0.4, -0.2) is 32.2 Å². The first-order valence-corrected chi connectivity index (χ1v) is 8.48. The Balaban J connectivity index is 1.92. The smallest absolute Gasteiger partial charge is 0.239 e. The Bertz CT molecular complexity index is 587. The Morgan fingerprint density at radius 3 is 2.38 bits per heavy atom. The zero-order valence-corrected chi connectivity index (χ0v) is 14.3. The van der Waals surface area contributed by atoms with E-state index in [2.05, 4.69) is 22.3 Å².